The Balaban J connectivity index is 2.26. The molecular weight excluding hydrogens is 285 g/mol. The predicted octanol–water partition coefficient (Wildman–Crippen LogP) is 3.99. The molecule has 3 rings (SSSR count). The van der Waals surface area contributed by atoms with Gasteiger partial charge in [-0.2, -0.15) is 0 Å². The lowest BCUT2D eigenvalue weighted by molar-refractivity contribution is 0.0697. The molecule has 20 heavy (non-hydrogen) atoms. The number of carboxylic acid groups (broad SMARTS) is 1. The van der Waals surface area contributed by atoms with Crippen LogP contribution in [0.15, 0.2) is 40.8 Å². The number of aromatic carboxylic acids is 1. The van der Waals surface area contributed by atoms with E-state index in [-0.39, 0.29) is 27.6 Å². The number of rotatable bonds is 2. The highest BCUT2D eigenvalue weighted by Gasteiger charge is 2.17. The average molecular weight is 292 g/mol. The maximum atomic E-state index is 13.3. The minimum absolute atomic E-state index is 0.0515. The first-order chi connectivity index (χ1) is 9.56. The summed E-state index contributed by atoms with van der Waals surface area (Å²) in [6.07, 6.45) is 0. The van der Waals surface area contributed by atoms with Gasteiger partial charge in [0.25, 0.3) is 0 Å². The third-order valence-electron chi connectivity index (χ3n) is 2.80. The predicted molar refractivity (Wildman–Crippen MR) is 71.4 cm³/mol. The van der Waals surface area contributed by atoms with Gasteiger partial charge in [-0.3, -0.25) is 0 Å². The largest absolute Gasteiger partial charge is 0.478 e. The number of hydrogen-bond donors (Lipinski definition) is 1. The van der Waals surface area contributed by atoms with Gasteiger partial charge in [0.05, 0.1) is 16.1 Å². The lowest BCUT2D eigenvalue weighted by Gasteiger charge is -2.00. The van der Waals surface area contributed by atoms with Crippen molar-refractivity contribution in [1.29, 1.82) is 0 Å². The van der Waals surface area contributed by atoms with Gasteiger partial charge in [-0.25, -0.2) is 14.2 Å². The Hall–Kier alpha value is -2.40. The summed E-state index contributed by atoms with van der Waals surface area (Å²) in [5, 5.41) is 9.23. The van der Waals surface area contributed by atoms with Gasteiger partial charge in [0.15, 0.2) is 5.58 Å². The topological polar surface area (TPSA) is 63.3 Å². The fourth-order valence-corrected chi connectivity index (χ4v) is 2.17. The average Bonchev–Trinajstić information content (AvgIpc) is 2.82. The van der Waals surface area contributed by atoms with E-state index < -0.39 is 11.8 Å². The van der Waals surface area contributed by atoms with Crippen molar-refractivity contribution in [3.05, 3.63) is 52.8 Å². The molecule has 0 aliphatic heterocycles. The van der Waals surface area contributed by atoms with Crippen molar-refractivity contribution in [2.75, 3.05) is 0 Å². The second kappa shape index (κ2) is 4.61. The van der Waals surface area contributed by atoms with Gasteiger partial charge in [-0.15, -0.1) is 0 Å². The number of nitrogens with zero attached hydrogens (tertiary/aromatic N) is 1. The van der Waals surface area contributed by atoms with Gasteiger partial charge in [0.2, 0.25) is 5.89 Å². The van der Waals surface area contributed by atoms with Gasteiger partial charge < -0.3 is 9.52 Å². The minimum Gasteiger partial charge on any atom is -0.478 e. The third kappa shape index (κ3) is 2.02. The summed E-state index contributed by atoms with van der Waals surface area (Å²) in [7, 11) is 0. The number of hydrogen-bond acceptors (Lipinski definition) is 3. The zero-order valence-corrected chi connectivity index (χ0v) is 10.7. The van der Waals surface area contributed by atoms with E-state index in [0.717, 1.165) is 6.07 Å². The molecule has 100 valence electrons. The molecule has 0 aliphatic carbocycles. The lowest BCUT2D eigenvalue weighted by atomic mass is 10.1. The molecule has 0 aliphatic rings. The number of carbonyl (C=O) groups is 1. The zero-order chi connectivity index (χ0) is 14.3. The maximum Gasteiger partial charge on any atom is 0.336 e. The summed E-state index contributed by atoms with van der Waals surface area (Å²) in [5.74, 6) is -1.54. The number of oxazole rings is 1. The van der Waals surface area contributed by atoms with Crippen LogP contribution in [0.1, 0.15) is 10.4 Å². The normalized spacial score (nSPS) is 10.9. The third-order valence-corrected chi connectivity index (χ3v) is 3.08. The van der Waals surface area contributed by atoms with Crippen molar-refractivity contribution in [2.45, 2.75) is 0 Å². The van der Waals surface area contributed by atoms with E-state index in [1.54, 1.807) is 18.2 Å². The molecule has 0 spiro atoms. The monoisotopic (exact) mass is 291 g/mol. The number of carboxylic acids is 1. The van der Waals surface area contributed by atoms with E-state index in [2.05, 4.69) is 4.98 Å². The molecule has 6 heteroatoms. The highest BCUT2D eigenvalue weighted by atomic mass is 35.5. The van der Waals surface area contributed by atoms with E-state index in [1.807, 2.05) is 0 Å². The highest BCUT2D eigenvalue weighted by molar-refractivity contribution is 6.34. The number of aromatic nitrogens is 1. The van der Waals surface area contributed by atoms with E-state index in [4.69, 9.17) is 21.1 Å². The molecule has 0 fully saturated rings. The Labute approximate surface area is 117 Å². The molecule has 0 amide bonds. The van der Waals surface area contributed by atoms with Crippen LogP contribution in [0.2, 0.25) is 5.02 Å². The maximum absolute atomic E-state index is 13.3. The van der Waals surface area contributed by atoms with E-state index in [1.165, 1.54) is 12.1 Å². The summed E-state index contributed by atoms with van der Waals surface area (Å²) in [6, 6.07) is 8.56. The van der Waals surface area contributed by atoms with Crippen molar-refractivity contribution in [3.8, 4) is 11.5 Å². The van der Waals surface area contributed by atoms with Crippen LogP contribution in [0.3, 0.4) is 0 Å². The zero-order valence-electron chi connectivity index (χ0n) is 9.93. The second-order valence-electron chi connectivity index (χ2n) is 4.11. The molecule has 0 bridgehead atoms. The van der Waals surface area contributed by atoms with Crippen molar-refractivity contribution in [1.82, 2.24) is 4.98 Å². The molecule has 0 saturated heterocycles. The Morgan fingerprint density at radius 2 is 2.05 bits per heavy atom. The number of benzene rings is 2. The van der Waals surface area contributed by atoms with E-state index in [9.17, 15) is 9.18 Å². The molecule has 1 aromatic heterocycles. The molecule has 0 radical (unpaired) electrons. The molecule has 4 nitrogen and oxygen atoms in total. The summed E-state index contributed by atoms with van der Waals surface area (Å²) in [6.45, 7) is 0. The van der Waals surface area contributed by atoms with Gasteiger partial charge >= 0.3 is 5.97 Å². The van der Waals surface area contributed by atoms with Crippen molar-refractivity contribution < 1.29 is 18.7 Å². The molecule has 0 unspecified atom stereocenters. The van der Waals surface area contributed by atoms with Crippen LogP contribution in [0, 0.1) is 5.82 Å². The van der Waals surface area contributed by atoms with E-state index >= 15 is 0 Å². The summed E-state index contributed by atoms with van der Waals surface area (Å²) in [4.78, 5) is 15.3. The van der Waals surface area contributed by atoms with Crippen LogP contribution >= 0.6 is 11.6 Å². The number of fused-ring (bicyclic) bond motifs is 1. The molecule has 0 saturated carbocycles. The highest BCUT2D eigenvalue weighted by Crippen LogP contribution is 2.31. The lowest BCUT2D eigenvalue weighted by Crippen LogP contribution is -1.98. The van der Waals surface area contributed by atoms with Crippen molar-refractivity contribution in [3.63, 3.8) is 0 Å². The summed E-state index contributed by atoms with van der Waals surface area (Å²) in [5.41, 5.74) is 0.830. The van der Waals surface area contributed by atoms with Crippen molar-refractivity contribution >= 4 is 28.7 Å². The Kier molecular flexibility index (Phi) is 2.91. The molecule has 2 aromatic carbocycles. The Morgan fingerprint density at radius 3 is 2.80 bits per heavy atom. The van der Waals surface area contributed by atoms with Gasteiger partial charge in [0, 0.05) is 6.07 Å². The second-order valence-corrected chi connectivity index (χ2v) is 4.51. The van der Waals surface area contributed by atoms with Crippen molar-refractivity contribution in [2.24, 2.45) is 0 Å². The van der Waals surface area contributed by atoms with Crippen LogP contribution < -0.4 is 0 Å². The molecule has 3 aromatic rings. The summed E-state index contributed by atoms with van der Waals surface area (Å²) < 4.78 is 18.7. The molecule has 1 heterocycles. The standard InChI is InChI=1S/C14H7ClFNO3/c15-10-5-7(16)6-11-12(10)20-13(17-11)8-3-1-2-4-9(8)14(18)19/h1-6H,(H,18,19). The Morgan fingerprint density at radius 1 is 1.30 bits per heavy atom. The Bertz CT molecular complexity index is 828. The molecular formula is C14H7ClFNO3. The van der Waals surface area contributed by atoms with E-state index in [0.29, 0.717) is 5.56 Å². The summed E-state index contributed by atoms with van der Waals surface area (Å²) >= 11 is 5.88. The first-order valence-corrected chi connectivity index (χ1v) is 6.02. The van der Waals surface area contributed by atoms with Crippen LogP contribution in [0.4, 0.5) is 4.39 Å². The van der Waals surface area contributed by atoms with Crippen LogP contribution in [0.25, 0.3) is 22.6 Å². The smallest absolute Gasteiger partial charge is 0.336 e. The fourth-order valence-electron chi connectivity index (χ4n) is 1.93. The first-order valence-electron chi connectivity index (χ1n) is 5.64. The quantitative estimate of drug-likeness (QED) is 0.775. The first kappa shape index (κ1) is 12.6. The van der Waals surface area contributed by atoms with Gasteiger partial charge in [0.1, 0.15) is 11.3 Å². The van der Waals surface area contributed by atoms with Gasteiger partial charge in [-0.05, 0) is 18.2 Å². The van der Waals surface area contributed by atoms with Crippen LogP contribution in [-0.4, -0.2) is 16.1 Å². The van der Waals surface area contributed by atoms with Crippen LogP contribution in [0.5, 0.6) is 0 Å². The van der Waals surface area contributed by atoms with Crippen LogP contribution in [-0.2, 0) is 0 Å². The molecule has 0 atom stereocenters. The SMILES string of the molecule is O=C(O)c1ccccc1-c1nc2cc(F)cc(Cl)c2o1. The van der Waals surface area contributed by atoms with Gasteiger partial charge in [-0.1, -0.05) is 23.7 Å². The number of halogens is 2. The fraction of sp³-hybridized carbons (Fsp3) is 0. The minimum atomic E-state index is -1.10. The molecule has 1 N–H and O–H groups in total.